The van der Waals surface area contributed by atoms with Gasteiger partial charge in [-0.25, -0.2) is 8.42 Å². The number of rotatable bonds is 11. The van der Waals surface area contributed by atoms with Crippen LogP contribution in [0.3, 0.4) is 0 Å². The van der Waals surface area contributed by atoms with E-state index in [0.29, 0.717) is 23.8 Å². The summed E-state index contributed by atoms with van der Waals surface area (Å²) >= 11 is 0. The second-order valence-corrected chi connectivity index (χ2v) is 9.68. The smallest absolute Gasteiger partial charge is 0.232 e. The molecule has 164 valence electrons. The van der Waals surface area contributed by atoms with Gasteiger partial charge in [0, 0.05) is 13.0 Å². The van der Waals surface area contributed by atoms with Crippen LogP contribution >= 0.6 is 0 Å². The zero-order valence-corrected chi connectivity index (χ0v) is 19.0. The number of hydrogen-bond donors (Lipinski definition) is 1. The quantitative estimate of drug-likeness (QED) is 0.579. The van der Waals surface area contributed by atoms with E-state index in [0.717, 1.165) is 18.2 Å². The molecule has 0 spiro atoms. The molecule has 0 saturated carbocycles. The second-order valence-electron chi connectivity index (χ2n) is 7.77. The Morgan fingerprint density at radius 3 is 2.30 bits per heavy atom. The van der Waals surface area contributed by atoms with Crippen LogP contribution in [0, 0.1) is 5.92 Å². The predicted molar refractivity (Wildman–Crippen MR) is 121 cm³/mol. The van der Waals surface area contributed by atoms with E-state index >= 15 is 0 Å². The minimum Gasteiger partial charge on any atom is -0.495 e. The first-order chi connectivity index (χ1) is 14.2. The van der Waals surface area contributed by atoms with Crippen molar-refractivity contribution in [3.63, 3.8) is 0 Å². The highest BCUT2D eigenvalue weighted by molar-refractivity contribution is 7.92. The maximum absolute atomic E-state index is 12.6. The second kappa shape index (κ2) is 11.0. The van der Waals surface area contributed by atoms with Crippen LogP contribution in [0.4, 0.5) is 5.69 Å². The third-order valence-corrected chi connectivity index (χ3v) is 5.94. The number of methoxy groups -OCH3 is 1. The standard InChI is InChI=1S/C23H32N2O4S/c1-18(2)17-20(19-11-6-5-7-12-19)24-23(26)15-10-16-25(30(4,27)28)21-13-8-9-14-22(21)29-3/h5-9,11-14,18,20H,10,15-17H2,1-4H3,(H,24,26)/t20-/m1/s1. The Morgan fingerprint density at radius 1 is 1.07 bits per heavy atom. The molecule has 0 aliphatic rings. The largest absolute Gasteiger partial charge is 0.495 e. The lowest BCUT2D eigenvalue weighted by Gasteiger charge is -2.24. The van der Waals surface area contributed by atoms with E-state index in [1.54, 1.807) is 24.3 Å². The van der Waals surface area contributed by atoms with Crippen LogP contribution in [-0.2, 0) is 14.8 Å². The average molecular weight is 433 g/mol. The molecule has 2 rings (SSSR count). The summed E-state index contributed by atoms with van der Waals surface area (Å²) in [7, 11) is -2.00. The molecular weight excluding hydrogens is 400 g/mol. The van der Waals surface area contributed by atoms with E-state index in [1.165, 1.54) is 11.4 Å². The summed E-state index contributed by atoms with van der Waals surface area (Å²) < 4.78 is 31.3. The van der Waals surface area contributed by atoms with Crippen molar-refractivity contribution in [2.45, 2.75) is 39.2 Å². The van der Waals surface area contributed by atoms with Crippen LogP contribution in [0.25, 0.3) is 0 Å². The first-order valence-corrected chi connectivity index (χ1v) is 12.0. The van der Waals surface area contributed by atoms with Gasteiger partial charge in [-0.1, -0.05) is 56.3 Å². The molecule has 6 nitrogen and oxygen atoms in total. The van der Waals surface area contributed by atoms with Gasteiger partial charge in [0.25, 0.3) is 0 Å². The number of benzene rings is 2. The van der Waals surface area contributed by atoms with Crippen LogP contribution in [0.5, 0.6) is 5.75 Å². The molecule has 0 aromatic heterocycles. The summed E-state index contributed by atoms with van der Waals surface area (Å²) in [6, 6.07) is 16.8. The highest BCUT2D eigenvalue weighted by Crippen LogP contribution is 2.29. The van der Waals surface area contributed by atoms with Crippen LogP contribution in [0.15, 0.2) is 54.6 Å². The number of sulfonamides is 1. The maximum atomic E-state index is 12.6. The molecule has 1 N–H and O–H groups in total. The first-order valence-electron chi connectivity index (χ1n) is 10.2. The number of nitrogens with one attached hydrogen (secondary N) is 1. The first kappa shape index (κ1) is 23.7. The summed E-state index contributed by atoms with van der Waals surface area (Å²) in [5.41, 5.74) is 1.55. The van der Waals surface area contributed by atoms with E-state index in [2.05, 4.69) is 19.2 Å². The normalized spacial score (nSPS) is 12.4. The number of amides is 1. The number of ether oxygens (including phenoxy) is 1. The third kappa shape index (κ3) is 7.06. The number of anilines is 1. The molecule has 0 aliphatic heterocycles. The lowest BCUT2D eigenvalue weighted by atomic mass is 9.97. The molecule has 1 atom stereocenters. The SMILES string of the molecule is COc1ccccc1N(CCCC(=O)N[C@H](CC(C)C)c1ccccc1)S(C)(=O)=O. The van der Waals surface area contributed by atoms with Crippen LogP contribution in [0.2, 0.25) is 0 Å². The van der Waals surface area contributed by atoms with Crippen molar-refractivity contribution in [2.24, 2.45) is 5.92 Å². The molecule has 0 heterocycles. The average Bonchev–Trinajstić information content (AvgIpc) is 2.70. The van der Waals surface area contributed by atoms with E-state index in [9.17, 15) is 13.2 Å². The Balaban J connectivity index is 2.03. The monoisotopic (exact) mass is 432 g/mol. The molecule has 7 heteroatoms. The minimum atomic E-state index is -3.51. The van der Waals surface area contributed by atoms with Crippen molar-refractivity contribution in [1.29, 1.82) is 0 Å². The van der Waals surface area contributed by atoms with Crippen molar-refractivity contribution >= 4 is 21.6 Å². The molecule has 2 aromatic carbocycles. The van der Waals surface area contributed by atoms with E-state index in [1.807, 2.05) is 30.3 Å². The van der Waals surface area contributed by atoms with Gasteiger partial charge >= 0.3 is 0 Å². The Kier molecular flexibility index (Phi) is 8.72. The number of carbonyl (C=O) groups excluding carboxylic acids is 1. The Morgan fingerprint density at radius 2 is 1.70 bits per heavy atom. The molecular formula is C23H32N2O4S. The number of carbonyl (C=O) groups is 1. The minimum absolute atomic E-state index is 0.0565. The van der Waals surface area contributed by atoms with Gasteiger partial charge in [-0.2, -0.15) is 0 Å². The van der Waals surface area contributed by atoms with Gasteiger partial charge in [0.15, 0.2) is 0 Å². The highest BCUT2D eigenvalue weighted by atomic mass is 32.2. The fourth-order valence-electron chi connectivity index (χ4n) is 3.39. The molecule has 1 amide bonds. The molecule has 0 fully saturated rings. The van der Waals surface area contributed by atoms with Gasteiger partial charge in [-0.15, -0.1) is 0 Å². The lowest BCUT2D eigenvalue weighted by molar-refractivity contribution is -0.122. The van der Waals surface area contributed by atoms with Crippen molar-refractivity contribution in [2.75, 3.05) is 24.2 Å². The van der Waals surface area contributed by atoms with E-state index < -0.39 is 10.0 Å². The summed E-state index contributed by atoms with van der Waals surface area (Å²) in [6.07, 6.45) is 2.64. The van der Waals surface area contributed by atoms with Gasteiger partial charge in [-0.3, -0.25) is 9.10 Å². The van der Waals surface area contributed by atoms with E-state index in [-0.39, 0.29) is 24.9 Å². The van der Waals surface area contributed by atoms with E-state index in [4.69, 9.17) is 4.74 Å². The van der Waals surface area contributed by atoms with Crippen LogP contribution < -0.4 is 14.4 Å². The molecule has 2 aromatic rings. The molecule has 0 unspecified atom stereocenters. The number of hydrogen-bond acceptors (Lipinski definition) is 4. The molecule has 0 radical (unpaired) electrons. The van der Waals surface area contributed by atoms with Crippen LogP contribution in [0.1, 0.15) is 44.7 Å². The fourth-order valence-corrected chi connectivity index (χ4v) is 4.35. The Labute approximate surface area is 180 Å². The molecule has 0 saturated heterocycles. The van der Waals surface area contributed by atoms with Gasteiger partial charge in [0.05, 0.1) is 25.1 Å². The molecule has 0 bridgehead atoms. The number of para-hydroxylation sites is 2. The Bertz CT molecular complexity index is 914. The molecule has 30 heavy (non-hydrogen) atoms. The van der Waals surface area contributed by atoms with Crippen molar-refractivity contribution < 1.29 is 17.9 Å². The summed E-state index contributed by atoms with van der Waals surface area (Å²) in [5, 5.41) is 3.11. The number of nitrogens with zero attached hydrogens (tertiary/aromatic N) is 1. The predicted octanol–water partition coefficient (Wildman–Crippen LogP) is 4.15. The van der Waals surface area contributed by atoms with Gasteiger partial charge < -0.3 is 10.1 Å². The van der Waals surface area contributed by atoms with Crippen molar-refractivity contribution in [1.82, 2.24) is 5.32 Å². The topological polar surface area (TPSA) is 75.7 Å². The Hall–Kier alpha value is -2.54. The van der Waals surface area contributed by atoms with Gasteiger partial charge in [-0.05, 0) is 36.5 Å². The summed E-state index contributed by atoms with van der Waals surface area (Å²) in [4.78, 5) is 12.6. The summed E-state index contributed by atoms with van der Waals surface area (Å²) in [6.45, 7) is 4.45. The van der Waals surface area contributed by atoms with Gasteiger partial charge in [0.2, 0.25) is 15.9 Å². The molecule has 0 aliphatic carbocycles. The zero-order chi connectivity index (χ0) is 22.1. The summed E-state index contributed by atoms with van der Waals surface area (Å²) in [5.74, 6) is 0.827. The third-order valence-electron chi connectivity index (χ3n) is 4.76. The highest BCUT2D eigenvalue weighted by Gasteiger charge is 2.21. The van der Waals surface area contributed by atoms with Crippen molar-refractivity contribution in [3.8, 4) is 5.75 Å². The lowest BCUT2D eigenvalue weighted by Crippen LogP contribution is -2.33. The van der Waals surface area contributed by atoms with Crippen molar-refractivity contribution in [3.05, 3.63) is 60.2 Å². The maximum Gasteiger partial charge on any atom is 0.232 e. The zero-order valence-electron chi connectivity index (χ0n) is 18.2. The fraction of sp³-hybridized carbons (Fsp3) is 0.435. The van der Waals surface area contributed by atoms with Gasteiger partial charge in [0.1, 0.15) is 5.75 Å². The van der Waals surface area contributed by atoms with Crippen LogP contribution in [-0.4, -0.2) is 34.2 Å².